The zero-order valence-electron chi connectivity index (χ0n) is 8.93. The molecule has 2 atom stereocenters. The predicted octanol–water partition coefficient (Wildman–Crippen LogP) is -1.24. The maximum atomic E-state index is 11.1. The average molecular weight is 241 g/mol. The van der Waals surface area contributed by atoms with Gasteiger partial charge in [0.1, 0.15) is 0 Å². The van der Waals surface area contributed by atoms with Crippen molar-refractivity contribution in [2.45, 2.75) is 12.8 Å². The summed E-state index contributed by atoms with van der Waals surface area (Å²) in [5.74, 6) is -3.17. The molecular formula is C10H11NO6. The molecule has 2 unspecified atom stereocenters. The molecule has 0 spiro atoms. The summed E-state index contributed by atoms with van der Waals surface area (Å²) < 4.78 is 8.74. The van der Waals surface area contributed by atoms with E-state index in [1.54, 1.807) is 0 Å². The third-order valence-electron chi connectivity index (χ3n) is 2.70. The van der Waals surface area contributed by atoms with Gasteiger partial charge in [0.05, 0.1) is 24.7 Å². The van der Waals surface area contributed by atoms with E-state index < -0.39 is 35.7 Å². The van der Waals surface area contributed by atoms with Gasteiger partial charge in [0.2, 0.25) is 0 Å². The number of rotatable bonds is 4. The Morgan fingerprint density at radius 2 is 1.29 bits per heavy atom. The highest BCUT2D eigenvalue weighted by Crippen LogP contribution is 2.17. The summed E-state index contributed by atoms with van der Waals surface area (Å²) in [5, 5.41) is 2.87. The van der Waals surface area contributed by atoms with Crippen molar-refractivity contribution in [2.75, 3.05) is 13.1 Å². The Bertz CT molecular complexity index is 354. The molecule has 0 bridgehead atoms. The van der Waals surface area contributed by atoms with Crippen molar-refractivity contribution in [1.82, 2.24) is 5.32 Å². The third kappa shape index (κ3) is 2.68. The van der Waals surface area contributed by atoms with Crippen LogP contribution < -0.4 is 5.32 Å². The van der Waals surface area contributed by atoms with Crippen LogP contribution >= 0.6 is 0 Å². The third-order valence-corrected chi connectivity index (χ3v) is 2.70. The lowest BCUT2D eigenvalue weighted by molar-refractivity contribution is -0.154. The van der Waals surface area contributed by atoms with E-state index in [0.29, 0.717) is 0 Å². The molecule has 92 valence electrons. The molecule has 2 aliphatic rings. The highest BCUT2D eigenvalue weighted by Gasteiger charge is 2.35. The minimum atomic E-state index is -0.549. The standard InChI is InChI=1S/C10H11NO6/c12-7-1-5(9(14)16-7)3-11-4-6-2-8(13)17-10(6)15/h5-6,11H,1-4H2. The van der Waals surface area contributed by atoms with E-state index in [1.807, 2.05) is 0 Å². The number of cyclic esters (lactones) is 4. The molecule has 2 aliphatic heterocycles. The van der Waals surface area contributed by atoms with Crippen LogP contribution in [0.25, 0.3) is 0 Å². The van der Waals surface area contributed by atoms with Crippen LogP contribution in [0.3, 0.4) is 0 Å². The molecule has 17 heavy (non-hydrogen) atoms. The molecule has 2 heterocycles. The number of carbonyl (C=O) groups is 4. The molecule has 7 heteroatoms. The van der Waals surface area contributed by atoms with Crippen LogP contribution in [0.5, 0.6) is 0 Å². The Morgan fingerprint density at radius 1 is 0.882 bits per heavy atom. The van der Waals surface area contributed by atoms with Crippen LogP contribution in [0.2, 0.25) is 0 Å². The van der Waals surface area contributed by atoms with Gasteiger partial charge in [-0.1, -0.05) is 0 Å². The second-order valence-electron chi connectivity index (χ2n) is 4.05. The molecule has 7 nitrogen and oxygen atoms in total. The molecule has 0 aromatic rings. The van der Waals surface area contributed by atoms with E-state index in [4.69, 9.17) is 0 Å². The van der Waals surface area contributed by atoms with E-state index in [1.165, 1.54) is 0 Å². The van der Waals surface area contributed by atoms with Gasteiger partial charge in [0.25, 0.3) is 0 Å². The lowest BCUT2D eigenvalue weighted by atomic mass is 10.1. The van der Waals surface area contributed by atoms with Gasteiger partial charge in [0, 0.05) is 13.1 Å². The molecular weight excluding hydrogens is 230 g/mol. The van der Waals surface area contributed by atoms with E-state index >= 15 is 0 Å². The first kappa shape index (κ1) is 11.7. The summed E-state index contributed by atoms with van der Waals surface area (Å²) in [4.78, 5) is 43.8. The number of carbonyl (C=O) groups excluding carboxylic acids is 4. The minimum Gasteiger partial charge on any atom is -0.393 e. The van der Waals surface area contributed by atoms with E-state index in [9.17, 15) is 19.2 Å². The Hall–Kier alpha value is -1.76. The van der Waals surface area contributed by atoms with Crippen molar-refractivity contribution in [1.29, 1.82) is 0 Å². The Kier molecular flexibility index (Phi) is 3.19. The van der Waals surface area contributed by atoms with Gasteiger partial charge in [-0.25, -0.2) is 0 Å². The molecule has 2 rings (SSSR count). The molecule has 0 aromatic carbocycles. The Labute approximate surface area is 96.4 Å². The van der Waals surface area contributed by atoms with E-state index in [0.717, 1.165) is 0 Å². The smallest absolute Gasteiger partial charge is 0.318 e. The normalized spacial score (nSPS) is 28.5. The van der Waals surface area contributed by atoms with Gasteiger partial charge in [-0.05, 0) is 0 Å². The fraction of sp³-hybridized carbons (Fsp3) is 0.600. The highest BCUT2D eigenvalue weighted by molar-refractivity contribution is 5.95. The summed E-state index contributed by atoms with van der Waals surface area (Å²) in [6.07, 6.45) is 0.111. The SMILES string of the molecule is O=C1CC(CNCC2CC(=O)OC2=O)C(=O)O1. The summed E-state index contributed by atoms with van der Waals surface area (Å²) in [6, 6.07) is 0. The number of hydrogen-bond donors (Lipinski definition) is 1. The van der Waals surface area contributed by atoms with Crippen molar-refractivity contribution < 1.29 is 28.7 Å². The number of ether oxygens (including phenoxy) is 2. The molecule has 1 N–H and O–H groups in total. The van der Waals surface area contributed by atoms with Gasteiger partial charge >= 0.3 is 23.9 Å². The molecule has 0 aliphatic carbocycles. The molecule has 0 saturated carbocycles. The fourth-order valence-electron chi connectivity index (χ4n) is 1.79. The second-order valence-corrected chi connectivity index (χ2v) is 4.05. The second kappa shape index (κ2) is 4.62. The number of hydrogen-bond acceptors (Lipinski definition) is 7. The van der Waals surface area contributed by atoms with Crippen LogP contribution in [-0.2, 0) is 28.7 Å². The van der Waals surface area contributed by atoms with Gasteiger partial charge in [0.15, 0.2) is 0 Å². The van der Waals surface area contributed by atoms with Crippen LogP contribution in [0.4, 0.5) is 0 Å². The summed E-state index contributed by atoms with van der Waals surface area (Å²) in [7, 11) is 0. The lowest BCUT2D eigenvalue weighted by Crippen LogP contribution is -2.31. The predicted molar refractivity (Wildman–Crippen MR) is 51.3 cm³/mol. The van der Waals surface area contributed by atoms with E-state index in [-0.39, 0.29) is 25.9 Å². The lowest BCUT2D eigenvalue weighted by Gasteiger charge is -2.08. The van der Waals surface area contributed by atoms with Gasteiger partial charge in [-0.2, -0.15) is 0 Å². The van der Waals surface area contributed by atoms with E-state index in [2.05, 4.69) is 14.8 Å². The summed E-state index contributed by atoms with van der Waals surface area (Å²) >= 11 is 0. The largest absolute Gasteiger partial charge is 0.393 e. The maximum absolute atomic E-state index is 11.1. The van der Waals surface area contributed by atoms with Crippen molar-refractivity contribution in [2.24, 2.45) is 11.8 Å². The highest BCUT2D eigenvalue weighted by atomic mass is 16.6. The summed E-state index contributed by atoms with van der Waals surface area (Å²) in [6.45, 7) is 0.505. The van der Waals surface area contributed by atoms with Crippen molar-refractivity contribution in [3.05, 3.63) is 0 Å². The molecule has 0 amide bonds. The van der Waals surface area contributed by atoms with Crippen LogP contribution in [-0.4, -0.2) is 37.0 Å². The Balaban J connectivity index is 1.73. The van der Waals surface area contributed by atoms with Crippen molar-refractivity contribution >= 4 is 23.9 Å². The van der Waals surface area contributed by atoms with Crippen LogP contribution in [0.1, 0.15) is 12.8 Å². The van der Waals surface area contributed by atoms with Crippen LogP contribution in [0, 0.1) is 11.8 Å². The maximum Gasteiger partial charge on any atom is 0.318 e. The quantitative estimate of drug-likeness (QED) is 0.485. The van der Waals surface area contributed by atoms with Gasteiger partial charge in [-0.15, -0.1) is 0 Å². The summed E-state index contributed by atoms with van der Waals surface area (Å²) in [5.41, 5.74) is 0. The van der Waals surface area contributed by atoms with Crippen LogP contribution in [0.15, 0.2) is 0 Å². The van der Waals surface area contributed by atoms with Crippen molar-refractivity contribution in [3.63, 3.8) is 0 Å². The zero-order chi connectivity index (χ0) is 12.4. The minimum absolute atomic E-state index is 0.0554. The molecule has 0 radical (unpaired) electrons. The average Bonchev–Trinajstić information content (AvgIpc) is 2.71. The zero-order valence-corrected chi connectivity index (χ0v) is 8.93. The van der Waals surface area contributed by atoms with Crippen molar-refractivity contribution in [3.8, 4) is 0 Å². The van der Waals surface area contributed by atoms with Gasteiger partial charge in [-0.3, -0.25) is 19.2 Å². The Morgan fingerprint density at radius 3 is 1.59 bits per heavy atom. The first-order chi connectivity index (χ1) is 8.06. The number of nitrogens with one attached hydrogen (secondary N) is 1. The molecule has 2 fully saturated rings. The first-order valence-electron chi connectivity index (χ1n) is 5.26. The van der Waals surface area contributed by atoms with Gasteiger partial charge < -0.3 is 14.8 Å². The first-order valence-corrected chi connectivity index (χ1v) is 5.26. The molecule has 2 saturated heterocycles. The number of esters is 4. The fourth-order valence-corrected chi connectivity index (χ4v) is 1.79. The topological polar surface area (TPSA) is 98.8 Å². The monoisotopic (exact) mass is 241 g/mol. The molecule has 0 aromatic heterocycles.